The summed E-state index contributed by atoms with van der Waals surface area (Å²) in [7, 11) is 0. The Labute approximate surface area is 168 Å². The largest absolute Gasteiger partial charge is 0.337 e. The molecule has 0 saturated heterocycles. The number of nitrogens with zero attached hydrogens (tertiary/aromatic N) is 4. The second-order valence-corrected chi connectivity index (χ2v) is 8.24. The van der Waals surface area contributed by atoms with Crippen LogP contribution in [-0.4, -0.2) is 31.5 Å². The third-order valence-electron chi connectivity index (χ3n) is 4.55. The van der Waals surface area contributed by atoms with Crippen LogP contribution in [0.5, 0.6) is 0 Å². The fourth-order valence-electron chi connectivity index (χ4n) is 2.35. The van der Waals surface area contributed by atoms with E-state index >= 15 is 0 Å². The summed E-state index contributed by atoms with van der Waals surface area (Å²) in [6, 6.07) is 8.15. The van der Waals surface area contributed by atoms with Crippen LogP contribution in [0.15, 0.2) is 42.1 Å². The highest BCUT2D eigenvalue weighted by Crippen LogP contribution is 2.28. The Bertz CT molecular complexity index is 887. The van der Waals surface area contributed by atoms with Crippen molar-refractivity contribution in [2.45, 2.75) is 50.2 Å². The molecule has 1 aromatic carbocycles. The minimum Gasteiger partial charge on any atom is -0.337 e. The van der Waals surface area contributed by atoms with Gasteiger partial charge in [-0.15, -0.1) is 16.8 Å². The van der Waals surface area contributed by atoms with E-state index in [1.165, 1.54) is 23.9 Å². The predicted molar refractivity (Wildman–Crippen MR) is 108 cm³/mol. The Hall–Kier alpha value is -2.66. The first-order valence-electron chi connectivity index (χ1n) is 8.91. The highest BCUT2D eigenvalue weighted by Gasteiger charge is 2.32. The van der Waals surface area contributed by atoms with Gasteiger partial charge < -0.3 is 5.32 Å². The molecule has 6 nitrogen and oxygen atoms in total. The van der Waals surface area contributed by atoms with Crippen LogP contribution in [0.25, 0.3) is 11.4 Å². The number of halogens is 1. The molecule has 2 aromatic rings. The number of thioether (sulfide) groups is 1. The Morgan fingerprint density at radius 2 is 2.04 bits per heavy atom. The first-order chi connectivity index (χ1) is 13.2. The van der Waals surface area contributed by atoms with Crippen molar-refractivity contribution in [1.29, 1.82) is 5.26 Å². The van der Waals surface area contributed by atoms with Gasteiger partial charge in [-0.3, -0.25) is 9.36 Å². The Morgan fingerprint density at radius 1 is 1.39 bits per heavy atom. The van der Waals surface area contributed by atoms with Crippen LogP contribution in [0.4, 0.5) is 4.39 Å². The summed E-state index contributed by atoms with van der Waals surface area (Å²) < 4.78 is 15.0. The molecule has 148 valence electrons. The standard InChI is InChI=1S/C20H24FN5OS/c1-6-11-26-17(15-7-9-16(21)10-8-15)24-25-19(26)28-14(4)18(27)23-20(5,12-22)13(2)3/h6-10,13-14H,1,11H2,2-5H3,(H,23,27)/t14-,20-/m1/s1. The highest BCUT2D eigenvalue weighted by atomic mass is 32.2. The lowest BCUT2D eigenvalue weighted by Crippen LogP contribution is -2.51. The van der Waals surface area contributed by atoms with Gasteiger partial charge in [-0.25, -0.2) is 4.39 Å². The van der Waals surface area contributed by atoms with Gasteiger partial charge in [-0.05, 0) is 44.0 Å². The number of benzene rings is 1. The summed E-state index contributed by atoms with van der Waals surface area (Å²) in [5.74, 6) is -0.0458. The van der Waals surface area contributed by atoms with E-state index in [1.807, 2.05) is 18.4 Å². The van der Waals surface area contributed by atoms with Gasteiger partial charge in [-0.2, -0.15) is 5.26 Å². The Balaban J connectivity index is 2.23. The summed E-state index contributed by atoms with van der Waals surface area (Å²) in [4.78, 5) is 12.6. The molecule has 1 N–H and O–H groups in total. The van der Waals surface area contributed by atoms with Crippen molar-refractivity contribution in [3.8, 4) is 17.5 Å². The van der Waals surface area contributed by atoms with Crippen molar-refractivity contribution < 1.29 is 9.18 Å². The Morgan fingerprint density at radius 3 is 2.57 bits per heavy atom. The number of aromatic nitrogens is 3. The quantitative estimate of drug-likeness (QED) is 0.537. The molecule has 1 aromatic heterocycles. The minimum atomic E-state index is -0.944. The fraction of sp³-hybridized carbons (Fsp3) is 0.400. The van der Waals surface area contributed by atoms with E-state index in [0.717, 1.165) is 5.56 Å². The number of carbonyl (C=O) groups is 1. The molecular weight excluding hydrogens is 377 g/mol. The van der Waals surface area contributed by atoms with E-state index in [-0.39, 0.29) is 17.6 Å². The molecule has 28 heavy (non-hydrogen) atoms. The molecule has 0 fully saturated rings. The lowest BCUT2D eigenvalue weighted by Gasteiger charge is -2.28. The first kappa shape index (κ1) is 21.6. The van der Waals surface area contributed by atoms with Gasteiger partial charge in [0.25, 0.3) is 0 Å². The zero-order valence-electron chi connectivity index (χ0n) is 16.4. The molecule has 0 bridgehead atoms. The first-order valence-corrected chi connectivity index (χ1v) is 9.79. The van der Waals surface area contributed by atoms with Gasteiger partial charge in [0.15, 0.2) is 11.0 Å². The number of nitriles is 1. The van der Waals surface area contributed by atoms with Crippen molar-refractivity contribution in [2.24, 2.45) is 5.92 Å². The van der Waals surface area contributed by atoms with E-state index in [0.29, 0.717) is 17.5 Å². The normalized spacial score (nSPS) is 14.2. The van der Waals surface area contributed by atoms with Crippen LogP contribution < -0.4 is 5.32 Å². The molecule has 2 rings (SSSR count). The van der Waals surface area contributed by atoms with Crippen molar-refractivity contribution in [3.63, 3.8) is 0 Å². The van der Waals surface area contributed by atoms with E-state index in [4.69, 9.17) is 0 Å². The molecule has 8 heteroatoms. The molecule has 1 heterocycles. The molecule has 2 atom stereocenters. The summed E-state index contributed by atoms with van der Waals surface area (Å²) in [6.07, 6.45) is 1.71. The van der Waals surface area contributed by atoms with Crippen molar-refractivity contribution in [2.75, 3.05) is 0 Å². The summed E-state index contributed by atoms with van der Waals surface area (Å²) >= 11 is 1.25. The molecule has 0 radical (unpaired) electrons. The molecule has 0 saturated carbocycles. The Kier molecular flexibility index (Phi) is 6.97. The summed E-state index contributed by atoms with van der Waals surface area (Å²) in [5.41, 5.74) is -0.225. The van der Waals surface area contributed by atoms with E-state index < -0.39 is 10.8 Å². The second-order valence-electron chi connectivity index (χ2n) is 6.93. The zero-order chi connectivity index (χ0) is 20.9. The number of carbonyl (C=O) groups excluding carboxylic acids is 1. The van der Waals surface area contributed by atoms with E-state index in [1.54, 1.807) is 32.1 Å². The van der Waals surface area contributed by atoms with Crippen LogP contribution in [0.3, 0.4) is 0 Å². The summed E-state index contributed by atoms with van der Waals surface area (Å²) in [5, 5.41) is 20.7. The number of hydrogen-bond donors (Lipinski definition) is 1. The molecule has 0 spiro atoms. The molecule has 0 aliphatic rings. The SMILES string of the molecule is C=CCn1c(S[C@H](C)C(=O)N[C@](C)(C#N)C(C)C)nnc1-c1ccc(F)cc1. The third-order valence-corrected chi connectivity index (χ3v) is 5.63. The molecule has 0 unspecified atom stereocenters. The van der Waals surface area contributed by atoms with Gasteiger partial charge in [0.05, 0.1) is 11.3 Å². The van der Waals surface area contributed by atoms with E-state index in [2.05, 4.69) is 28.2 Å². The number of amides is 1. The van der Waals surface area contributed by atoms with Gasteiger partial charge in [-0.1, -0.05) is 31.7 Å². The second kappa shape index (κ2) is 9.02. The lowest BCUT2D eigenvalue weighted by molar-refractivity contribution is -0.121. The van der Waals surface area contributed by atoms with Crippen LogP contribution in [0.2, 0.25) is 0 Å². The van der Waals surface area contributed by atoms with E-state index in [9.17, 15) is 14.4 Å². The molecule has 1 amide bonds. The zero-order valence-corrected chi connectivity index (χ0v) is 17.3. The number of allylic oxidation sites excluding steroid dienone is 1. The van der Waals surface area contributed by atoms with Crippen molar-refractivity contribution in [3.05, 3.63) is 42.7 Å². The van der Waals surface area contributed by atoms with Crippen molar-refractivity contribution in [1.82, 2.24) is 20.1 Å². The molecule has 0 aliphatic heterocycles. The van der Waals surface area contributed by atoms with Crippen molar-refractivity contribution >= 4 is 17.7 Å². The average molecular weight is 402 g/mol. The lowest BCUT2D eigenvalue weighted by atomic mass is 9.90. The van der Waals surface area contributed by atoms with Gasteiger partial charge in [0.2, 0.25) is 5.91 Å². The number of rotatable bonds is 8. The topological polar surface area (TPSA) is 83.6 Å². The number of hydrogen-bond acceptors (Lipinski definition) is 5. The molecular formula is C20H24FN5OS. The van der Waals surface area contributed by atoms with Gasteiger partial charge in [0.1, 0.15) is 11.4 Å². The maximum atomic E-state index is 13.2. The maximum absolute atomic E-state index is 13.2. The average Bonchev–Trinajstić information content (AvgIpc) is 3.04. The maximum Gasteiger partial charge on any atom is 0.234 e. The summed E-state index contributed by atoms with van der Waals surface area (Å²) in [6.45, 7) is 11.4. The molecule has 0 aliphatic carbocycles. The van der Waals surface area contributed by atoms with Crippen LogP contribution in [0, 0.1) is 23.1 Å². The number of nitrogens with one attached hydrogen (secondary N) is 1. The highest BCUT2D eigenvalue weighted by molar-refractivity contribution is 8.00. The monoisotopic (exact) mass is 401 g/mol. The van der Waals surface area contributed by atoms with Crippen LogP contribution >= 0.6 is 11.8 Å². The van der Waals surface area contributed by atoms with Crippen LogP contribution in [-0.2, 0) is 11.3 Å². The minimum absolute atomic E-state index is 0.0341. The fourth-order valence-corrected chi connectivity index (χ4v) is 3.21. The smallest absolute Gasteiger partial charge is 0.234 e. The van der Waals surface area contributed by atoms with Gasteiger partial charge >= 0.3 is 0 Å². The third kappa shape index (κ3) is 4.78. The van der Waals surface area contributed by atoms with Crippen LogP contribution in [0.1, 0.15) is 27.7 Å². The predicted octanol–water partition coefficient (Wildman–Crippen LogP) is 3.81. The van der Waals surface area contributed by atoms with Gasteiger partial charge in [0, 0.05) is 12.1 Å².